The third-order valence-electron chi connectivity index (χ3n) is 4.88. The van der Waals surface area contributed by atoms with E-state index in [2.05, 4.69) is 10.7 Å². The lowest BCUT2D eigenvalue weighted by molar-refractivity contribution is 0.260. The largest absolute Gasteiger partial charge is 0.481 e. The van der Waals surface area contributed by atoms with Crippen LogP contribution in [-0.4, -0.2) is 33.4 Å². The van der Waals surface area contributed by atoms with Crippen molar-refractivity contribution in [2.24, 2.45) is 18.0 Å². The fourth-order valence-corrected chi connectivity index (χ4v) is 3.32. The van der Waals surface area contributed by atoms with E-state index in [4.69, 9.17) is 14.6 Å². The molecule has 164 valence electrons. The molecular formula is C22H31N3O5. The zero-order valence-corrected chi connectivity index (χ0v) is 18.4. The Kier molecular flexibility index (Phi) is 8.45. The van der Waals surface area contributed by atoms with Crippen LogP contribution in [0, 0.1) is 5.92 Å². The van der Waals surface area contributed by atoms with E-state index in [9.17, 15) is 9.59 Å². The van der Waals surface area contributed by atoms with Crippen LogP contribution in [0.5, 0.6) is 0 Å². The summed E-state index contributed by atoms with van der Waals surface area (Å²) < 4.78 is 14.2. The van der Waals surface area contributed by atoms with Crippen molar-refractivity contribution in [3.8, 4) is 0 Å². The van der Waals surface area contributed by atoms with Crippen LogP contribution in [0.25, 0.3) is 0 Å². The van der Waals surface area contributed by atoms with Crippen LogP contribution >= 0.6 is 0 Å². The van der Waals surface area contributed by atoms with Crippen molar-refractivity contribution in [1.82, 2.24) is 9.13 Å². The molecule has 0 bridgehead atoms. The van der Waals surface area contributed by atoms with Gasteiger partial charge in [-0.1, -0.05) is 5.73 Å². The highest BCUT2D eigenvalue weighted by molar-refractivity contribution is 5.84. The van der Waals surface area contributed by atoms with Crippen molar-refractivity contribution < 1.29 is 14.6 Å². The quantitative estimate of drug-likeness (QED) is 0.518. The van der Waals surface area contributed by atoms with E-state index in [1.54, 1.807) is 13.1 Å². The molecule has 1 N–H and O–H groups in total. The first-order chi connectivity index (χ1) is 14.4. The van der Waals surface area contributed by atoms with Crippen molar-refractivity contribution in [2.45, 2.75) is 53.5 Å². The van der Waals surface area contributed by atoms with Gasteiger partial charge in [0.2, 0.25) is 0 Å². The predicted octanol–water partition coefficient (Wildman–Crippen LogP) is 2.56. The molecule has 8 nitrogen and oxygen atoms in total. The molecule has 1 aliphatic rings. The zero-order chi connectivity index (χ0) is 22.3. The summed E-state index contributed by atoms with van der Waals surface area (Å²) in [6.07, 6.45) is 4.79. The number of hydrogen-bond acceptors (Lipinski definition) is 6. The Hall–Kier alpha value is -2.83. The molecule has 0 aromatic carbocycles. The first kappa shape index (κ1) is 23.4. The minimum atomic E-state index is -0.452. The molecule has 0 aliphatic carbocycles. The van der Waals surface area contributed by atoms with Gasteiger partial charge in [-0.05, 0) is 52.7 Å². The van der Waals surface area contributed by atoms with Gasteiger partial charge in [0.05, 0.1) is 17.9 Å². The minimum Gasteiger partial charge on any atom is -0.481 e. The van der Waals surface area contributed by atoms with Crippen molar-refractivity contribution in [3.05, 3.63) is 55.8 Å². The van der Waals surface area contributed by atoms with Gasteiger partial charge >= 0.3 is 5.69 Å². The van der Waals surface area contributed by atoms with Gasteiger partial charge in [0, 0.05) is 32.5 Å². The monoisotopic (exact) mass is 417 g/mol. The average Bonchev–Trinajstić information content (AvgIpc) is 2.73. The van der Waals surface area contributed by atoms with Gasteiger partial charge in [-0.25, -0.2) is 4.79 Å². The van der Waals surface area contributed by atoms with E-state index in [1.807, 2.05) is 33.8 Å². The number of nitrogens with zero attached hydrogens (tertiary/aromatic N) is 3. The van der Waals surface area contributed by atoms with E-state index in [0.29, 0.717) is 48.9 Å². The number of aliphatic hydroxyl groups excluding tert-OH is 1. The van der Waals surface area contributed by atoms with Gasteiger partial charge < -0.3 is 14.6 Å². The van der Waals surface area contributed by atoms with Gasteiger partial charge in [-0.2, -0.15) is 4.99 Å². The first-order valence-electron chi connectivity index (χ1n) is 10.2. The van der Waals surface area contributed by atoms with Crippen molar-refractivity contribution in [2.75, 3.05) is 13.2 Å². The Morgan fingerprint density at radius 3 is 2.70 bits per heavy atom. The van der Waals surface area contributed by atoms with E-state index >= 15 is 0 Å². The summed E-state index contributed by atoms with van der Waals surface area (Å²) >= 11 is 0. The number of aromatic nitrogens is 2. The number of ether oxygens (including phenoxy) is 2. The van der Waals surface area contributed by atoms with Crippen molar-refractivity contribution >= 4 is 11.7 Å². The van der Waals surface area contributed by atoms with Gasteiger partial charge in [0.25, 0.3) is 5.56 Å². The summed E-state index contributed by atoms with van der Waals surface area (Å²) in [4.78, 5) is 30.2. The second-order valence-corrected chi connectivity index (χ2v) is 7.02. The number of fused-ring (bicyclic) bond motifs is 1. The normalized spacial score (nSPS) is 15.7. The van der Waals surface area contributed by atoms with E-state index in [-0.39, 0.29) is 24.6 Å². The molecule has 1 unspecified atom stereocenters. The second kappa shape index (κ2) is 10.8. The van der Waals surface area contributed by atoms with Gasteiger partial charge in [0.15, 0.2) is 5.90 Å². The molecule has 2 rings (SSSR count). The zero-order valence-electron chi connectivity index (χ0n) is 18.4. The topological polar surface area (TPSA) is 95.0 Å². The Morgan fingerprint density at radius 1 is 1.37 bits per heavy atom. The number of aliphatic hydroxyl groups is 1. The number of rotatable bonds is 8. The average molecular weight is 418 g/mol. The molecule has 0 saturated carbocycles. The highest BCUT2D eigenvalue weighted by Gasteiger charge is 2.31. The lowest BCUT2D eigenvalue weighted by atomic mass is 9.93. The third kappa shape index (κ3) is 5.20. The van der Waals surface area contributed by atoms with Crippen molar-refractivity contribution in [3.63, 3.8) is 0 Å². The first-order valence-corrected chi connectivity index (χ1v) is 10.2. The molecule has 30 heavy (non-hydrogen) atoms. The van der Waals surface area contributed by atoms with Gasteiger partial charge in [-0.3, -0.25) is 13.9 Å². The SMILES string of the molecule is CC=C=C(CC1Cc2c(n(C)c(=O)n(CCCO)c2=O)N=C1OCC)OC(C)=CC. The number of allylic oxidation sites excluding steroid dienone is 3. The Bertz CT molecular complexity index is 1010. The molecule has 0 radical (unpaired) electrons. The van der Waals surface area contributed by atoms with Crippen LogP contribution in [0.3, 0.4) is 0 Å². The lowest BCUT2D eigenvalue weighted by Crippen LogP contribution is -2.43. The fraction of sp³-hybridized carbons (Fsp3) is 0.545. The van der Waals surface area contributed by atoms with E-state index < -0.39 is 5.69 Å². The lowest BCUT2D eigenvalue weighted by Gasteiger charge is -2.26. The standard InChI is InChI=1S/C22H31N3O5/c1-6-10-17(30-15(4)7-2)13-16-14-18-19(23-20(16)29-8-3)24(5)22(28)25(21(18)27)11-9-12-26/h6-7,16,26H,8-9,11-14H2,1-5H3. The molecule has 2 heterocycles. The smallest absolute Gasteiger partial charge is 0.332 e. The molecule has 1 aromatic heterocycles. The molecular weight excluding hydrogens is 386 g/mol. The van der Waals surface area contributed by atoms with Crippen LogP contribution in [0.2, 0.25) is 0 Å². The van der Waals surface area contributed by atoms with Crippen LogP contribution in [0.4, 0.5) is 5.82 Å². The molecule has 0 fully saturated rings. The molecule has 1 aliphatic heterocycles. The maximum Gasteiger partial charge on any atom is 0.332 e. The maximum atomic E-state index is 13.0. The fourth-order valence-electron chi connectivity index (χ4n) is 3.32. The van der Waals surface area contributed by atoms with E-state index in [0.717, 1.165) is 10.3 Å². The predicted molar refractivity (Wildman–Crippen MR) is 116 cm³/mol. The molecule has 0 spiro atoms. The summed E-state index contributed by atoms with van der Waals surface area (Å²) in [6, 6.07) is 0. The van der Waals surface area contributed by atoms with E-state index in [1.165, 1.54) is 4.57 Å². The molecule has 0 amide bonds. The van der Waals surface area contributed by atoms with Crippen LogP contribution < -0.4 is 11.2 Å². The highest BCUT2D eigenvalue weighted by Crippen LogP contribution is 2.30. The van der Waals surface area contributed by atoms with Crippen LogP contribution in [0.1, 0.15) is 46.1 Å². The number of hydrogen-bond donors (Lipinski definition) is 1. The van der Waals surface area contributed by atoms with Crippen LogP contribution in [-0.2, 0) is 29.5 Å². The molecule has 8 heteroatoms. The summed E-state index contributed by atoms with van der Waals surface area (Å²) in [5, 5.41) is 9.10. The molecule has 1 aromatic rings. The third-order valence-corrected chi connectivity index (χ3v) is 4.88. The Labute approximate surface area is 176 Å². The second-order valence-electron chi connectivity index (χ2n) is 7.02. The minimum absolute atomic E-state index is 0.0961. The van der Waals surface area contributed by atoms with Gasteiger partial charge in [-0.15, -0.1) is 0 Å². The summed E-state index contributed by atoms with van der Waals surface area (Å²) in [5.41, 5.74) is 2.75. The molecule has 0 saturated heterocycles. The van der Waals surface area contributed by atoms with Crippen molar-refractivity contribution in [1.29, 1.82) is 0 Å². The van der Waals surface area contributed by atoms with Gasteiger partial charge in [0.1, 0.15) is 11.6 Å². The highest BCUT2D eigenvalue weighted by atomic mass is 16.5. The maximum absolute atomic E-state index is 13.0. The van der Waals surface area contributed by atoms with Crippen LogP contribution in [0.15, 0.2) is 44.0 Å². The summed E-state index contributed by atoms with van der Waals surface area (Å²) in [7, 11) is 1.59. The molecule has 1 atom stereocenters. The Balaban J connectivity index is 2.53. The number of aliphatic imine (C=N–C) groups is 1. The summed E-state index contributed by atoms with van der Waals surface area (Å²) in [6.45, 7) is 7.96. The summed E-state index contributed by atoms with van der Waals surface area (Å²) in [5.74, 6) is 1.95. The Morgan fingerprint density at radius 2 is 2.10 bits per heavy atom.